The molecule has 2 N–H and O–H groups in total. The number of carboxylic acid groups (broad SMARTS) is 1. The standard InChI is InChI=1S/C12H17N3O2/c16-12(17)10-6-15(5-9(10)8-1-2-8)7-11-13-3-4-14-11/h3-4,8-10H,1-2,5-7H2,(H,13,14)(H,16,17)/t9-,10+/m0/s1. The molecule has 1 saturated carbocycles. The van der Waals surface area contributed by atoms with E-state index in [2.05, 4.69) is 14.9 Å². The Morgan fingerprint density at radius 1 is 1.53 bits per heavy atom. The predicted octanol–water partition coefficient (Wildman–Crippen LogP) is 0.952. The molecule has 92 valence electrons. The molecule has 1 aromatic rings. The highest BCUT2D eigenvalue weighted by atomic mass is 16.4. The van der Waals surface area contributed by atoms with E-state index in [1.807, 2.05) is 0 Å². The first-order valence-electron chi connectivity index (χ1n) is 6.17. The van der Waals surface area contributed by atoms with Crippen molar-refractivity contribution >= 4 is 5.97 Å². The second-order valence-electron chi connectivity index (χ2n) is 5.18. The summed E-state index contributed by atoms with van der Waals surface area (Å²) in [6.45, 7) is 2.31. The van der Waals surface area contributed by atoms with Crippen LogP contribution in [-0.2, 0) is 11.3 Å². The van der Waals surface area contributed by atoms with Gasteiger partial charge in [0.2, 0.25) is 0 Å². The Morgan fingerprint density at radius 2 is 2.35 bits per heavy atom. The maximum atomic E-state index is 11.2. The van der Waals surface area contributed by atoms with E-state index in [0.29, 0.717) is 18.4 Å². The van der Waals surface area contributed by atoms with Crippen LogP contribution >= 0.6 is 0 Å². The van der Waals surface area contributed by atoms with Crippen molar-refractivity contribution in [2.45, 2.75) is 19.4 Å². The molecule has 0 spiro atoms. The molecule has 0 bridgehead atoms. The fourth-order valence-electron chi connectivity index (χ4n) is 2.90. The van der Waals surface area contributed by atoms with Crippen LogP contribution in [0.15, 0.2) is 12.4 Å². The van der Waals surface area contributed by atoms with Gasteiger partial charge >= 0.3 is 5.97 Å². The Hall–Kier alpha value is -1.36. The molecule has 1 aliphatic heterocycles. The summed E-state index contributed by atoms with van der Waals surface area (Å²) < 4.78 is 0. The number of hydrogen-bond donors (Lipinski definition) is 2. The number of nitrogens with zero attached hydrogens (tertiary/aromatic N) is 2. The molecule has 2 atom stereocenters. The number of carbonyl (C=O) groups is 1. The molecular weight excluding hydrogens is 218 g/mol. The van der Waals surface area contributed by atoms with Gasteiger partial charge in [-0.25, -0.2) is 4.98 Å². The number of aromatic amines is 1. The number of imidazole rings is 1. The minimum absolute atomic E-state index is 0.183. The lowest BCUT2D eigenvalue weighted by Gasteiger charge is -2.13. The molecule has 0 unspecified atom stereocenters. The zero-order valence-corrected chi connectivity index (χ0v) is 9.67. The van der Waals surface area contributed by atoms with Crippen LogP contribution in [0.3, 0.4) is 0 Å². The van der Waals surface area contributed by atoms with Gasteiger partial charge in [-0.05, 0) is 24.7 Å². The Labute approximate surface area is 99.8 Å². The van der Waals surface area contributed by atoms with Crippen LogP contribution in [0.1, 0.15) is 18.7 Å². The number of aromatic nitrogens is 2. The molecule has 0 amide bonds. The first-order valence-corrected chi connectivity index (χ1v) is 6.17. The van der Waals surface area contributed by atoms with Gasteiger partial charge in [0.1, 0.15) is 5.82 Å². The topological polar surface area (TPSA) is 69.2 Å². The van der Waals surface area contributed by atoms with Crippen molar-refractivity contribution in [3.8, 4) is 0 Å². The van der Waals surface area contributed by atoms with Crippen LogP contribution in [0.5, 0.6) is 0 Å². The second-order valence-corrected chi connectivity index (χ2v) is 5.18. The highest BCUT2D eigenvalue weighted by molar-refractivity contribution is 5.71. The molecule has 0 aromatic carbocycles. The molecule has 1 aromatic heterocycles. The number of nitrogens with one attached hydrogen (secondary N) is 1. The summed E-state index contributed by atoms with van der Waals surface area (Å²) in [6, 6.07) is 0. The molecule has 2 fully saturated rings. The number of likely N-dealkylation sites (tertiary alicyclic amines) is 1. The van der Waals surface area contributed by atoms with Gasteiger partial charge in [-0.15, -0.1) is 0 Å². The summed E-state index contributed by atoms with van der Waals surface area (Å²) in [5.41, 5.74) is 0. The van der Waals surface area contributed by atoms with Gasteiger partial charge in [-0.3, -0.25) is 9.69 Å². The highest BCUT2D eigenvalue weighted by Gasteiger charge is 2.45. The van der Waals surface area contributed by atoms with E-state index in [9.17, 15) is 9.90 Å². The highest BCUT2D eigenvalue weighted by Crippen LogP contribution is 2.44. The monoisotopic (exact) mass is 235 g/mol. The summed E-state index contributed by atoms with van der Waals surface area (Å²) >= 11 is 0. The van der Waals surface area contributed by atoms with E-state index < -0.39 is 5.97 Å². The fourth-order valence-corrected chi connectivity index (χ4v) is 2.90. The average Bonchev–Trinajstić information content (AvgIpc) is 2.86. The summed E-state index contributed by atoms with van der Waals surface area (Å²) in [5, 5.41) is 9.25. The van der Waals surface area contributed by atoms with E-state index in [4.69, 9.17) is 0 Å². The van der Waals surface area contributed by atoms with Crippen molar-refractivity contribution in [1.82, 2.24) is 14.9 Å². The van der Waals surface area contributed by atoms with Crippen molar-refractivity contribution < 1.29 is 9.90 Å². The van der Waals surface area contributed by atoms with Crippen molar-refractivity contribution in [3.63, 3.8) is 0 Å². The maximum absolute atomic E-state index is 11.2. The smallest absolute Gasteiger partial charge is 0.308 e. The third-order valence-electron chi connectivity index (χ3n) is 3.91. The van der Waals surface area contributed by atoms with Gasteiger partial charge in [0, 0.05) is 25.5 Å². The largest absolute Gasteiger partial charge is 0.481 e. The van der Waals surface area contributed by atoms with Crippen molar-refractivity contribution in [2.75, 3.05) is 13.1 Å². The molecule has 2 aliphatic rings. The third kappa shape index (κ3) is 2.20. The number of H-pyrrole nitrogens is 1. The van der Waals surface area contributed by atoms with Crippen molar-refractivity contribution in [1.29, 1.82) is 0 Å². The summed E-state index contributed by atoms with van der Waals surface area (Å²) in [5.74, 6) is 1.10. The SMILES string of the molecule is O=C(O)[C@@H]1CN(Cc2ncc[nH]2)C[C@H]1C1CC1. The molecule has 3 rings (SSSR count). The van der Waals surface area contributed by atoms with Gasteiger partial charge < -0.3 is 10.1 Å². The first kappa shape index (κ1) is 10.8. The van der Waals surface area contributed by atoms with E-state index in [1.54, 1.807) is 12.4 Å². The van der Waals surface area contributed by atoms with E-state index in [-0.39, 0.29) is 5.92 Å². The van der Waals surface area contributed by atoms with Crippen LogP contribution in [0.2, 0.25) is 0 Å². The summed E-state index contributed by atoms with van der Waals surface area (Å²) in [6.07, 6.45) is 5.96. The Balaban J connectivity index is 1.66. The first-order chi connectivity index (χ1) is 8.24. The minimum atomic E-state index is -0.635. The molecule has 5 heteroatoms. The van der Waals surface area contributed by atoms with Gasteiger partial charge in [0.05, 0.1) is 12.5 Å². The minimum Gasteiger partial charge on any atom is -0.481 e. The molecule has 0 radical (unpaired) electrons. The Morgan fingerprint density at radius 3 is 2.94 bits per heavy atom. The maximum Gasteiger partial charge on any atom is 0.308 e. The quantitative estimate of drug-likeness (QED) is 0.815. The molecular formula is C12H17N3O2. The number of aliphatic carboxylic acids is 1. The normalized spacial score (nSPS) is 29.6. The third-order valence-corrected chi connectivity index (χ3v) is 3.91. The van der Waals surface area contributed by atoms with Crippen LogP contribution in [-0.4, -0.2) is 39.0 Å². The van der Waals surface area contributed by atoms with E-state index in [0.717, 1.165) is 18.9 Å². The summed E-state index contributed by atoms with van der Waals surface area (Å²) in [4.78, 5) is 20.7. The Kier molecular flexibility index (Phi) is 2.63. The number of rotatable bonds is 4. The zero-order chi connectivity index (χ0) is 11.8. The van der Waals surface area contributed by atoms with E-state index in [1.165, 1.54) is 12.8 Å². The zero-order valence-electron chi connectivity index (χ0n) is 9.67. The van der Waals surface area contributed by atoms with Gasteiger partial charge in [-0.1, -0.05) is 0 Å². The second kappa shape index (κ2) is 4.14. The lowest BCUT2D eigenvalue weighted by molar-refractivity contribution is -0.142. The molecule has 17 heavy (non-hydrogen) atoms. The molecule has 2 heterocycles. The van der Waals surface area contributed by atoms with E-state index >= 15 is 0 Å². The van der Waals surface area contributed by atoms with Crippen LogP contribution in [0.25, 0.3) is 0 Å². The predicted molar refractivity (Wildman–Crippen MR) is 61.2 cm³/mol. The average molecular weight is 235 g/mol. The molecule has 5 nitrogen and oxygen atoms in total. The summed E-state index contributed by atoms with van der Waals surface area (Å²) in [7, 11) is 0. The Bertz CT molecular complexity index is 400. The fraction of sp³-hybridized carbons (Fsp3) is 0.667. The molecule has 1 saturated heterocycles. The van der Waals surface area contributed by atoms with Gasteiger partial charge in [0.25, 0.3) is 0 Å². The van der Waals surface area contributed by atoms with Crippen molar-refractivity contribution in [2.24, 2.45) is 17.8 Å². The molecule has 1 aliphatic carbocycles. The number of hydrogen-bond acceptors (Lipinski definition) is 3. The van der Waals surface area contributed by atoms with Crippen LogP contribution in [0, 0.1) is 17.8 Å². The van der Waals surface area contributed by atoms with Crippen molar-refractivity contribution in [3.05, 3.63) is 18.2 Å². The van der Waals surface area contributed by atoms with Crippen LogP contribution in [0.4, 0.5) is 0 Å². The van der Waals surface area contributed by atoms with Gasteiger partial charge in [-0.2, -0.15) is 0 Å². The lowest BCUT2D eigenvalue weighted by Crippen LogP contribution is -2.24. The lowest BCUT2D eigenvalue weighted by atomic mass is 9.92. The van der Waals surface area contributed by atoms with Gasteiger partial charge in [0.15, 0.2) is 0 Å². The number of carboxylic acids is 1. The van der Waals surface area contributed by atoms with Crippen LogP contribution < -0.4 is 0 Å².